The Hall–Kier alpha value is -2.67. The smallest absolute Gasteiger partial charge is 0.246 e. The summed E-state index contributed by atoms with van der Waals surface area (Å²) in [5.74, 6) is 1.11. The van der Waals surface area contributed by atoms with Gasteiger partial charge in [0, 0.05) is 43.6 Å². The molecule has 1 aromatic carbocycles. The second-order valence-corrected chi connectivity index (χ2v) is 9.95. The van der Waals surface area contributed by atoms with Gasteiger partial charge in [-0.15, -0.1) is 11.3 Å². The third kappa shape index (κ3) is 6.67. The van der Waals surface area contributed by atoms with Crippen LogP contribution in [0.25, 0.3) is 6.08 Å². The molecule has 0 aliphatic carbocycles. The number of hydrogen-bond donors (Lipinski definition) is 0. The van der Waals surface area contributed by atoms with Crippen LogP contribution < -0.4 is 4.74 Å². The van der Waals surface area contributed by atoms with Crippen molar-refractivity contribution in [3.8, 4) is 5.75 Å². The zero-order chi connectivity index (χ0) is 23.0. The summed E-state index contributed by atoms with van der Waals surface area (Å²) in [6.07, 6.45) is 9.65. The molecule has 7 heteroatoms. The minimum Gasteiger partial charge on any atom is -0.487 e. The minimum absolute atomic E-state index is 0.0000544. The van der Waals surface area contributed by atoms with Gasteiger partial charge in [0.1, 0.15) is 12.4 Å². The number of carbonyl (C=O) groups excluding carboxylic acids is 2. The monoisotopic (exact) mass is 467 g/mol. The lowest BCUT2D eigenvalue weighted by molar-refractivity contribution is -0.139. The average molecular weight is 468 g/mol. The Bertz CT molecular complexity index is 971. The lowest BCUT2D eigenvalue weighted by Crippen LogP contribution is -2.44. The van der Waals surface area contributed by atoms with Gasteiger partial charge in [-0.3, -0.25) is 9.59 Å². The number of benzene rings is 1. The van der Waals surface area contributed by atoms with E-state index in [2.05, 4.69) is 9.88 Å². The average Bonchev–Trinajstić information content (AvgIpc) is 3.08. The lowest BCUT2D eigenvalue weighted by atomic mass is 9.95. The molecule has 6 nitrogen and oxygen atoms in total. The highest BCUT2D eigenvalue weighted by Gasteiger charge is 2.29. The van der Waals surface area contributed by atoms with Crippen LogP contribution in [0.15, 0.2) is 35.7 Å². The van der Waals surface area contributed by atoms with Gasteiger partial charge < -0.3 is 14.5 Å². The van der Waals surface area contributed by atoms with E-state index < -0.39 is 0 Å². The van der Waals surface area contributed by atoms with Gasteiger partial charge >= 0.3 is 0 Å². The number of piperidine rings is 1. The summed E-state index contributed by atoms with van der Waals surface area (Å²) < 4.78 is 5.84. The molecule has 2 aliphatic rings. The summed E-state index contributed by atoms with van der Waals surface area (Å²) >= 11 is 1.61. The van der Waals surface area contributed by atoms with Crippen LogP contribution in [0.1, 0.15) is 54.8 Å². The van der Waals surface area contributed by atoms with Crippen molar-refractivity contribution in [3.63, 3.8) is 0 Å². The van der Waals surface area contributed by atoms with E-state index in [1.165, 1.54) is 12.8 Å². The summed E-state index contributed by atoms with van der Waals surface area (Å²) in [4.78, 5) is 33.9. The van der Waals surface area contributed by atoms with Crippen molar-refractivity contribution in [2.24, 2.45) is 5.92 Å². The zero-order valence-corrected chi connectivity index (χ0v) is 20.2. The standard InChI is InChI=1S/C26H33N3O3S/c1-20-27-23(19-33-20)18-32-24-8-6-7-21(17-24)9-10-25(30)28-15-11-22(12-16-28)26(31)29-13-4-2-3-5-14-29/h6-10,17,19,22H,2-5,11-16,18H2,1H3/b10-9+. The molecule has 4 rings (SSSR count). The fourth-order valence-electron chi connectivity index (χ4n) is 4.51. The lowest BCUT2D eigenvalue weighted by Gasteiger charge is -2.33. The Balaban J connectivity index is 1.25. The Morgan fingerprint density at radius 3 is 2.55 bits per heavy atom. The van der Waals surface area contributed by atoms with E-state index in [0.29, 0.717) is 25.6 Å². The van der Waals surface area contributed by atoms with Crippen LogP contribution in [-0.2, 0) is 16.2 Å². The predicted octanol–water partition coefficient (Wildman–Crippen LogP) is 4.68. The molecule has 3 heterocycles. The van der Waals surface area contributed by atoms with Gasteiger partial charge in [-0.2, -0.15) is 0 Å². The maximum atomic E-state index is 12.9. The first-order valence-corrected chi connectivity index (χ1v) is 12.9. The zero-order valence-electron chi connectivity index (χ0n) is 19.4. The van der Waals surface area contributed by atoms with Crippen molar-refractivity contribution < 1.29 is 14.3 Å². The number of aryl methyl sites for hydroxylation is 1. The van der Waals surface area contributed by atoms with E-state index >= 15 is 0 Å². The number of amides is 2. The highest BCUT2D eigenvalue weighted by atomic mass is 32.1. The van der Waals surface area contributed by atoms with E-state index in [1.807, 2.05) is 47.5 Å². The van der Waals surface area contributed by atoms with Gasteiger partial charge in [-0.25, -0.2) is 4.98 Å². The Labute approximate surface area is 200 Å². The number of rotatable bonds is 6. The second kappa shape index (κ2) is 11.5. The van der Waals surface area contributed by atoms with Crippen LogP contribution in [0.5, 0.6) is 5.75 Å². The highest BCUT2D eigenvalue weighted by molar-refractivity contribution is 7.09. The van der Waals surface area contributed by atoms with Crippen LogP contribution in [-0.4, -0.2) is 52.8 Å². The van der Waals surface area contributed by atoms with Gasteiger partial charge in [0.05, 0.1) is 10.7 Å². The van der Waals surface area contributed by atoms with E-state index in [0.717, 1.165) is 60.8 Å². The van der Waals surface area contributed by atoms with E-state index in [1.54, 1.807) is 17.4 Å². The third-order valence-corrected chi connectivity index (χ3v) is 7.23. The SMILES string of the molecule is Cc1nc(COc2cccc(/C=C/C(=O)N3CCC(C(=O)N4CCCCCC4)CC3)c2)cs1. The summed E-state index contributed by atoms with van der Waals surface area (Å²) in [6.45, 7) is 5.49. The molecule has 0 atom stereocenters. The van der Waals surface area contributed by atoms with Gasteiger partial charge in [0.25, 0.3) is 0 Å². The molecule has 2 aromatic rings. The number of carbonyl (C=O) groups is 2. The topological polar surface area (TPSA) is 62.7 Å². The van der Waals surface area contributed by atoms with Gasteiger partial charge in [0.2, 0.25) is 11.8 Å². The molecular formula is C26H33N3O3S. The third-order valence-electron chi connectivity index (χ3n) is 6.40. The van der Waals surface area contributed by atoms with Crippen LogP contribution >= 0.6 is 11.3 Å². The molecule has 0 unspecified atom stereocenters. The Morgan fingerprint density at radius 2 is 1.85 bits per heavy atom. The molecule has 0 saturated carbocycles. The quantitative estimate of drug-likeness (QED) is 0.579. The molecule has 1 aromatic heterocycles. The molecule has 33 heavy (non-hydrogen) atoms. The Morgan fingerprint density at radius 1 is 1.09 bits per heavy atom. The van der Waals surface area contributed by atoms with Crippen LogP contribution in [0.4, 0.5) is 0 Å². The van der Waals surface area contributed by atoms with Crippen LogP contribution in [0, 0.1) is 12.8 Å². The predicted molar refractivity (Wildman–Crippen MR) is 131 cm³/mol. The number of hydrogen-bond acceptors (Lipinski definition) is 5. The van der Waals surface area contributed by atoms with E-state index in [4.69, 9.17) is 4.74 Å². The van der Waals surface area contributed by atoms with E-state index in [9.17, 15) is 9.59 Å². The van der Waals surface area contributed by atoms with Crippen LogP contribution in [0.3, 0.4) is 0 Å². The molecule has 2 aliphatic heterocycles. The summed E-state index contributed by atoms with van der Waals surface area (Å²) in [6, 6.07) is 7.71. The second-order valence-electron chi connectivity index (χ2n) is 8.89. The number of thiazole rings is 1. The number of ether oxygens (including phenoxy) is 1. The molecule has 2 saturated heterocycles. The van der Waals surface area contributed by atoms with Crippen molar-refractivity contribution in [1.29, 1.82) is 0 Å². The fraction of sp³-hybridized carbons (Fsp3) is 0.500. The normalized spacial score (nSPS) is 17.8. The molecule has 2 fully saturated rings. The summed E-state index contributed by atoms with van der Waals surface area (Å²) in [5.41, 5.74) is 1.84. The van der Waals surface area contributed by atoms with Crippen molar-refractivity contribution >= 4 is 29.2 Å². The van der Waals surface area contributed by atoms with Crippen molar-refractivity contribution in [1.82, 2.24) is 14.8 Å². The summed E-state index contributed by atoms with van der Waals surface area (Å²) in [7, 11) is 0. The first-order chi connectivity index (χ1) is 16.1. The first-order valence-electron chi connectivity index (χ1n) is 12.0. The molecule has 0 spiro atoms. The van der Waals surface area contributed by atoms with Gasteiger partial charge in [-0.05, 0) is 56.4 Å². The summed E-state index contributed by atoms with van der Waals surface area (Å²) in [5, 5.41) is 3.03. The highest BCUT2D eigenvalue weighted by Crippen LogP contribution is 2.22. The maximum absolute atomic E-state index is 12.9. The first kappa shape index (κ1) is 23.5. The molecule has 0 N–H and O–H groups in total. The molecule has 0 radical (unpaired) electrons. The number of nitrogens with zero attached hydrogens (tertiary/aromatic N) is 3. The largest absolute Gasteiger partial charge is 0.487 e. The van der Waals surface area contributed by atoms with Crippen molar-refractivity contribution in [3.05, 3.63) is 52.0 Å². The molecule has 176 valence electrons. The fourth-order valence-corrected chi connectivity index (χ4v) is 5.11. The molecular weight excluding hydrogens is 434 g/mol. The number of likely N-dealkylation sites (tertiary alicyclic amines) is 2. The van der Waals surface area contributed by atoms with Crippen molar-refractivity contribution in [2.45, 2.75) is 52.1 Å². The van der Waals surface area contributed by atoms with Gasteiger partial charge in [0.15, 0.2) is 0 Å². The Kier molecular flexibility index (Phi) is 8.15. The van der Waals surface area contributed by atoms with Crippen LogP contribution in [0.2, 0.25) is 0 Å². The maximum Gasteiger partial charge on any atom is 0.246 e. The van der Waals surface area contributed by atoms with Gasteiger partial charge in [-0.1, -0.05) is 25.0 Å². The number of aromatic nitrogens is 1. The van der Waals surface area contributed by atoms with Crippen molar-refractivity contribution in [2.75, 3.05) is 26.2 Å². The minimum atomic E-state index is -0.0000544. The molecule has 0 bridgehead atoms. The molecule has 2 amide bonds. The van der Waals surface area contributed by atoms with E-state index in [-0.39, 0.29) is 11.8 Å².